The molecule has 2 rings (SSSR count). The first kappa shape index (κ1) is 18.6. The Hall–Kier alpha value is -1.75. The van der Waals surface area contributed by atoms with E-state index in [2.05, 4.69) is 10.6 Å². The lowest BCUT2D eigenvalue weighted by atomic mass is 9.93. The molecule has 0 spiro atoms. The van der Waals surface area contributed by atoms with Crippen LogP contribution in [0.2, 0.25) is 5.02 Å². The van der Waals surface area contributed by atoms with E-state index in [-0.39, 0.29) is 11.9 Å². The number of carbonyl (C=O) groups excluding carboxylic acids is 2. The maximum atomic E-state index is 12.4. The normalized spacial score (nSPS) is 17.4. The molecule has 0 radical (unpaired) electrons. The van der Waals surface area contributed by atoms with Crippen molar-refractivity contribution in [2.45, 2.75) is 39.0 Å². The number of anilines is 1. The number of hydrogen-bond donors (Lipinski definition) is 2. The van der Waals surface area contributed by atoms with Gasteiger partial charge in [0.15, 0.2) is 0 Å². The van der Waals surface area contributed by atoms with E-state index in [9.17, 15) is 9.59 Å². The molecule has 1 saturated heterocycles. The zero-order valence-electron chi connectivity index (χ0n) is 14.2. The van der Waals surface area contributed by atoms with Gasteiger partial charge in [-0.05, 0) is 55.9 Å². The molecular weight excluding hydrogens is 326 g/mol. The highest BCUT2D eigenvalue weighted by Crippen LogP contribution is 2.22. The monoisotopic (exact) mass is 351 g/mol. The average molecular weight is 352 g/mol. The zero-order valence-corrected chi connectivity index (χ0v) is 14.9. The summed E-state index contributed by atoms with van der Waals surface area (Å²) in [6.45, 7) is 4.25. The minimum Gasteiger partial charge on any atom is -0.356 e. The number of urea groups is 1. The fourth-order valence-corrected chi connectivity index (χ4v) is 3.03. The third kappa shape index (κ3) is 6.04. The van der Waals surface area contributed by atoms with Gasteiger partial charge in [0.2, 0.25) is 5.91 Å². The molecule has 0 aromatic heterocycles. The summed E-state index contributed by atoms with van der Waals surface area (Å²) < 4.78 is 0. The van der Waals surface area contributed by atoms with E-state index in [0.29, 0.717) is 23.9 Å². The number of amides is 3. The lowest BCUT2D eigenvalue weighted by Crippen LogP contribution is -2.42. The predicted molar refractivity (Wildman–Crippen MR) is 97.3 cm³/mol. The molecule has 132 valence electrons. The topological polar surface area (TPSA) is 61.4 Å². The summed E-state index contributed by atoms with van der Waals surface area (Å²) in [6.07, 6.45) is 4.38. The number of rotatable bonds is 6. The molecule has 3 amide bonds. The molecule has 24 heavy (non-hydrogen) atoms. The summed E-state index contributed by atoms with van der Waals surface area (Å²) in [5.74, 6) is 0.502. The van der Waals surface area contributed by atoms with Crippen molar-refractivity contribution in [3.63, 3.8) is 0 Å². The Labute approximate surface area is 148 Å². The number of nitrogens with zero attached hydrogens (tertiary/aromatic N) is 1. The van der Waals surface area contributed by atoms with Crippen LogP contribution < -0.4 is 10.6 Å². The highest BCUT2D eigenvalue weighted by molar-refractivity contribution is 6.30. The quantitative estimate of drug-likeness (QED) is 0.816. The van der Waals surface area contributed by atoms with Crippen LogP contribution in [-0.4, -0.2) is 36.5 Å². The minimum atomic E-state index is -0.0857. The van der Waals surface area contributed by atoms with Crippen LogP contribution in [0.1, 0.15) is 39.0 Å². The average Bonchev–Trinajstić information content (AvgIpc) is 2.60. The van der Waals surface area contributed by atoms with Crippen LogP contribution in [0.15, 0.2) is 24.3 Å². The number of benzene rings is 1. The van der Waals surface area contributed by atoms with Crippen molar-refractivity contribution in [2.24, 2.45) is 5.92 Å². The first-order valence-electron chi connectivity index (χ1n) is 8.66. The maximum absolute atomic E-state index is 12.4. The van der Waals surface area contributed by atoms with Gasteiger partial charge in [0.25, 0.3) is 0 Å². The lowest BCUT2D eigenvalue weighted by molar-refractivity contribution is -0.121. The largest absolute Gasteiger partial charge is 0.356 e. The fraction of sp³-hybridized carbons (Fsp3) is 0.556. The van der Waals surface area contributed by atoms with E-state index in [4.69, 9.17) is 11.6 Å². The second-order valence-corrected chi connectivity index (χ2v) is 6.72. The van der Waals surface area contributed by atoms with Crippen LogP contribution >= 0.6 is 11.6 Å². The third-order valence-corrected chi connectivity index (χ3v) is 4.51. The van der Waals surface area contributed by atoms with Crippen molar-refractivity contribution < 1.29 is 9.59 Å². The molecule has 1 heterocycles. The number of hydrogen-bond acceptors (Lipinski definition) is 2. The lowest BCUT2D eigenvalue weighted by Gasteiger charge is -2.32. The molecule has 1 aliphatic rings. The second kappa shape index (κ2) is 9.52. The van der Waals surface area contributed by atoms with E-state index >= 15 is 0 Å². The molecule has 0 aliphatic carbocycles. The number of nitrogens with one attached hydrogen (secondary N) is 2. The highest BCUT2D eigenvalue weighted by atomic mass is 35.5. The number of piperidine rings is 1. The second-order valence-electron chi connectivity index (χ2n) is 6.28. The minimum absolute atomic E-state index is 0.0857. The summed E-state index contributed by atoms with van der Waals surface area (Å²) in [4.78, 5) is 25.9. The molecule has 5 nitrogen and oxygen atoms in total. The van der Waals surface area contributed by atoms with Gasteiger partial charge in [0, 0.05) is 36.8 Å². The Balaban J connectivity index is 1.78. The Morgan fingerprint density at radius 3 is 2.75 bits per heavy atom. The van der Waals surface area contributed by atoms with E-state index < -0.39 is 0 Å². The number of halogens is 1. The van der Waals surface area contributed by atoms with E-state index in [1.165, 1.54) is 0 Å². The van der Waals surface area contributed by atoms with Gasteiger partial charge in [-0.25, -0.2) is 4.79 Å². The van der Waals surface area contributed by atoms with E-state index in [1.807, 2.05) is 11.8 Å². The van der Waals surface area contributed by atoms with Crippen LogP contribution in [0.25, 0.3) is 0 Å². The Morgan fingerprint density at radius 1 is 1.29 bits per heavy atom. The zero-order chi connectivity index (χ0) is 17.4. The van der Waals surface area contributed by atoms with Crippen LogP contribution in [0, 0.1) is 5.92 Å². The van der Waals surface area contributed by atoms with Gasteiger partial charge in [-0.2, -0.15) is 0 Å². The molecule has 0 bridgehead atoms. The summed E-state index contributed by atoms with van der Waals surface area (Å²) in [5.41, 5.74) is 0.741. The Bertz CT molecular complexity index is 548. The molecule has 1 aromatic carbocycles. The Morgan fingerprint density at radius 2 is 2.04 bits per heavy atom. The van der Waals surface area contributed by atoms with E-state index in [1.54, 1.807) is 24.3 Å². The van der Waals surface area contributed by atoms with Crippen molar-refractivity contribution in [1.29, 1.82) is 0 Å². The smallest absolute Gasteiger partial charge is 0.321 e. The molecule has 1 aliphatic heterocycles. The molecule has 1 atom stereocenters. The van der Waals surface area contributed by atoms with Gasteiger partial charge in [-0.15, -0.1) is 0 Å². The third-order valence-electron chi connectivity index (χ3n) is 4.25. The summed E-state index contributed by atoms with van der Waals surface area (Å²) in [6, 6.07) is 7.01. The number of likely N-dealkylation sites (tertiary alicyclic amines) is 1. The predicted octanol–water partition coefficient (Wildman–Crippen LogP) is 3.89. The first-order valence-corrected chi connectivity index (χ1v) is 9.04. The van der Waals surface area contributed by atoms with Crippen molar-refractivity contribution in [2.75, 3.05) is 25.0 Å². The van der Waals surface area contributed by atoms with Gasteiger partial charge in [0.05, 0.1) is 0 Å². The van der Waals surface area contributed by atoms with Gasteiger partial charge in [-0.3, -0.25) is 4.79 Å². The molecule has 1 aromatic rings. The molecule has 1 fully saturated rings. The van der Waals surface area contributed by atoms with E-state index in [0.717, 1.165) is 44.5 Å². The van der Waals surface area contributed by atoms with Gasteiger partial charge in [0.1, 0.15) is 0 Å². The van der Waals surface area contributed by atoms with Crippen LogP contribution in [0.4, 0.5) is 10.5 Å². The van der Waals surface area contributed by atoms with Crippen molar-refractivity contribution in [1.82, 2.24) is 10.2 Å². The van der Waals surface area contributed by atoms with Crippen LogP contribution in [0.5, 0.6) is 0 Å². The van der Waals surface area contributed by atoms with Crippen LogP contribution in [0.3, 0.4) is 0 Å². The summed E-state index contributed by atoms with van der Waals surface area (Å²) in [7, 11) is 0. The molecule has 2 N–H and O–H groups in total. The maximum Gasteiger partial charge on any atom is 0.321 e. The Kier molecular flexibility index (Phi) is 7.37. The van der Waals surface area contributed by atoms with Gasteiger partial charge in [-0.1, -0.05) is 18.5 Å². The molecule has 0 unspecified atom stereocenters. The fourth-order valence-electron chi connectivity index (χ4n) is 2.91. The summed E-state index contributed by atoms with van der Waals surface area (Å²) in [5, 5.41) is 6.45. The molecule has 0 saturated carbocycles. The van der Waals surface area contributed by atoms with Crippen molar-refractivity contribution >= 4 is 29.2 Å². The summed E-state index contributed by atoms with van der Waals surface area (Å²) >= 11 is 5.85. The van der Waals surface area contributed by atoms with Gasteiger partial charge >= 0.3 is 6.03 Å². The number of carbonyl (C=O) groups is 2. The standard InChI is InChI=1S/C18H26ClN3O2/c1-2-11-20-17(23)10-5-14-4-3-12-22(13-14)18(24)21-16-8-6-15(19)7-9-16/h6-9,14H,2-5,10-13H2,1H3,(H,20,23)(H,21,24)/t14-/m0/s1. The van der Waals surface area contributed by atoms with Gasteiger partial charge < -0.3 is 15.5 Å². The highest BCUT2D eigenvalue weighted by Gasteiger charge is 2.24. The SMILES string of the molecule is CCCNC(=O)CC[C@@H]1CCCN(C(=O)Nc2ccc(Cl)cc2)C1. The molecular formula is C18H26ClN3O2. The molecule has 6 heteroatoms. The van der Waals surface area contributed by atoms with Crippen molar-refractivity contribution in [3.8, 4) is 0 Å². The van der Waals surface area contributed by atoms with Crippen LogP contribution in [-0.2, 0) is 4.79 Å². The van der Waals surface area contributed by atoms with Crippen molar-refractivity contribution in [3.05, 3.63) is 29.3 Å². The first-order chi connectivity index (χ1) is 11.6.